The molecule has 0 aliphatic carbocycles. The summed E-state index contributed by atoms with van der Waals surface area (Å²) in [6.07, 6.45) is 0. The highest BCUT2D eigenvalue weighted by Crippen LogP contribution is 2.17. The summed E-state index contributed by atoms with van der Waals surface area (Å²) in [5.41, 5.74) is 0.524. The van der Waals surface area contributed by atoms with Crippen LogP contribution in [0.1, 0.15) is 18.5 Å². The number of rotatable bonds is 5. The summed E-state index contributed by atoms with van der Waals surface area (Å²) in [5, 5.41) is 3.30. The first-order chi connectivity index (χ1) is 9.16. The van der Waals surface area contributed by atoms with Gasteiger partial charge in [0.1, 0.15) is 11.6 Å². The Morgan fingerprint density at radius 2 is 2.05 bits per heavy atom. The number of nitrogens with zero attached hydrogens (tertiary/aromatic N) is 1. The van der Waals surface area contributed by atoms with Crippen molar-refractivity contribution in [1.82, 2.24) is 10.2 Å². The molecule has 5 heteroatoms. The first kappa shape index (κ1) is 14.8. The molecule has 1 aromatic rings. The van der Waals surface area contributed by atoms with Crippen LogP contribution >= 0.6 is 11.8 Å². The lowest BCUT2D eigenvalue weighted by molar-refractivity contribution is 0.296. The van der Waals surface area contributed by atoms with Crippen LogP contribution in [0.15, 0.2) is 18.2 Å². The van der Waals surface area contributed by atoms with Gasteiger partial charge in [-0.25, -0.2) is 8.78 Å². The van der Waals surface area contributed by atoms with E-state index in [4.69, 9.17) is 0 Å². The average molecular weight is 286 g/mol. The third-order valence-electron chi connectivity index (χ3n) is 3.41. The van der Waals surface area contributed by atoms with Gasteiger partial charge >= 0.3 is 0 Å². The Morgan fingerprint density at radius 3 is 2.74 bits per heavy atom. The topological polar surface area (TPSA) is 15.3 Å². The molecule has 0 aromatic heterocycles. The molecule has 1 heterocycles. The molecule has 1 fully saturated rings. The summed E-state index contributed by atoms with van der Waals surface area (Å²) in [4.78, 5) is 2.41. The predicted octanol–water partition coefficient (Wildman–Crippen LogP) is 2.66. The number of hydrogen-bond acceptors (Lipinski definition) is 3. The molecule has 1 saturated heterocycles. The first-order valence-corrected chi connectivity index (χ1v) is 7.80. The number of thioether (sulfide) groups is 1. The van der Waals surface area contributed by atoms with Crippen molar-refractivity contribution in [2.75, 3.05) is 37.7 Å². The predicted molar refractivity (Wildman–Crippen MR) is 76.5 cm³/mol. The van der Waals surface area contributed by atoms with E-state index in [1.165, 1.54) is 23.6 Å². The van der Waals surface area contributed by atoms with Crippen molar-refractivity contribution in [2.24, 2.45) is 0 Å². The van der Waals surface area contributed by atoms with Crippen LogP contribution in [0, 0.1) is 11.6 Å². The van der Waals surface area contributed by atoms with E-state index in [-0.39, 0.29) is 6.04 Å². The fourth-order valence-corrected chi connectivity index (χ4v) is 3.21. The maximum Gasteiger partial charge on any atom is 0.130 e. The molecular weight excluding hydrogens is 266 g/mol. The Hall–Kier alpha value is -0.650. The van der Waals surface area contributed by atoms with Crippen LogP contribution in [0.3, 0.4) is 0 Å². The van der Waals surface area contributed by atoms with Gasteiger partial charge in [-0.05, 0) is 13.0 Å². The van der Waals surface area contributed by atoms with Crippen LogP contribution in [-0.4, -0.2) is 42.6 Å². The minimum atomic E-state index is -0.528. The van der Waals surface area contributed by atoms with Crippen molar-refractivity contribution in [3.63, 3.8) is 0 Å². The minimum absolute atomic E-state index is 0.0974. The molecule has 1 N–H and O–H groups in total. The van der Waals surface area contributed by atoms with Crippen molar-refractivity contribution in [1.29, 1.82) is 0 Å². The van der Waals surface area contributed by atoms with E-state index in [2.05, 4.69) is 10.2 Å². The smallest absolute Gasteiger partial charge is 0.130 e. The molecular formula is C14H20F2N2S. The lowest BCUT2D eigenvalue weighted by Gasteiger charge is -2.27. The van der Waals surface area contributed by atoms with Gasteiger partial charge in [-0.3, -0.25) is 0 Å². The van der Waals surface area contributed by atoms with E-state index >= 15 is 0 Å². The Morgan fingerprint density at radius 1 is 1.32 bits per heavy atom. The quantitative estimate of drug-likeness (QED) is 0.896. The summed E-state index contributed by atoms with van der Waals surface area (Å²) >= 11 is 1.99. The summed E-state index contributed by atoms with van der Waals surface area (Å²) in [5.74, 6) is 1.39. The van der Waals surface area contributed by atoms with Gasteiger partial charge < -0.3 is 10.2 Å². The van der Waals surface area contributed by atoms with Gasteiger partial charge in [-0.1, -0.05) is 6.07 Å². The Kier molecular flexibility index (Phi) is 5.60. The molecule has 1 atom stereocenters. The summed E-state index contributed by atoms with van der Waals surface area (Å²) in [6, 6.07) is 3.66. The van der Waals surface area contributed by atoms with Crippen molar-refractivity contribution in [2.45, 2.75) is 13.0 Å². The van der Waals surface area contributed by atoms with Gasteiger partial charge in [0, 0.05) is 55.4 Å². The van der Waals surface area contributed by atoms with Crippen LogP contribution in [0.2, 0.25) is 0 Å². The molecule has 0 spiro atoms. The summed E-state index contributed by atoms with van der Waals surface area (Å²) < 4.78 is 26.4. The highest BCUT2D eigenvalue weighted by Gasteiger charge is 2.13. The summed E-state index contributed by atoms with van der Waals surface area (Å²) in [6.45, 7) is 5.97. The van der Waals surface area contributed by atoms with Crippen LogP contribution in [0.4, 0.5) is 8.78 Å². The molecule has 0 radical (unpaired) electrons. The number of hydrogen-bond donors (Lipinski definition) is 1. The molecule has 2 nitrogen and oxygen atoms in total. The van der Waals surface area contributed by atoms with Gasteiger partial charge in [0.25, 0.3) is 0 Å². The highest BCUT2D eigenvalue weighted by molar-refractivity contribution is 7.99. The van der Waals surface area contributed by atoms with E-state index in [0.29, 0.717) is 5.56 Å². The van der Waals surface area contributed by atoms with Gasteiger partial charge in [-0.2, -0.15) is 11.8 Å². The van der Waals surface area contributed by atoms with Crippen LogP contribution in [0.25, 0.3) is 0 Å². The van der Waals surface area contributed by atoms with E-state index in [1.54, 1.807) is 0 Å². The summed E-state index contributed by atoms with van der Waals surface area (Å²) in [7, 11) is 0. The molecule has 1 aliphatic rings. The lowest BCUT2D eigenvalue weighted by Crippen LogP contribution is -2.38. The highest BCUT2D eigenvalue weighted by atomic mass is 32.2. The normalized spacial score (nSPS) is 18.5. The Labute approximate surface area is 117 Å². The van der Waals surface area contributed by atoms with E-state index in [0.717, 1.165) is 32.2 Å². The van der Waals surface area contributed by atoms with Gasteiger partial charge in [-0.15, -0.1) is 0 Å². The molecule has 19 heavy (non-hydrogen) atoms. The second-order valence-electron chi connectivity index (χ2n) is 4.80. The zero-order valence-corrected chi connectivity index (χ0v) is 12.0. The Balaban J connectivity index is 1.78. The van der Waals surface area contributed by atoms with Crippen molar-refractivity contribution in [3.05, 3.63) is 35.4 Å². The minimum Gasteiger partial charge on any atom is -0.309 e. The van der Waals surface area contributed by atoms with Crippen molar-refractivity contribution < 1.29 is 8.78 Å². The van der Waals surface area contributed by atoms with Crippen LogP contribution in [-0.2, 0) is 0 Å². The fourth-order valence-electron chi connectivity index (χ4n) is 2.23. The lowest BCUT2D eigenvalue weighted by atomic mass is 10.1. The first-order valence-electron chi connectivity index (χ1n) is 6.65. The zero-order chi connectivity index (χ0) is 13.7. The second-order valence-corrected chi connectivity index (χ2v) is 6.02. The van der Waals surface area contributed by atoms with Crippen molar-refractivity contribution >= 4 is 11.8 Å². The third kappa shape index (κ3) is 4.44. The number of benzene rings is 1. The maximum atomic E-state index is 13.6. The van der Waals surface area contributed by atoms with Crippen LogP contribution < -0.4 is 5.32 Å². The van der Waals surface area contributed by atoms with Gasteiger partial charge in [0.15, 0.2) is 0 Å². The van der Waals surface area contributed by atoms with E-state index < -0.39 is 11.6 Å². The molecule has 0 amide bonds. The second kappa shape index (κ2) is 7.22. The molecule has 106 valence electrons. The Bertz CT molecular complexity index is 408. The number of nitrogens with one attached hydrogen (secondary N) is 1. The molecule has 2 rings (SSSR count). The SMILES string of the molecule is CC(NCCN1CCSCC1)c1ccc(F)cc1F. The largest absolute Gasteiger partial charge is 0.309 e. The van der Waals surface area contributed by atoms with Crippen molar-refractivity contribution in [3.8, 4) is 0 Å². The molecule has 1 aromatic carbocycles. The van der Waals surface area contributed by atoms with E-state index in [1.807, 2.05) is 18.7 Å². The molecule has 1 aliphatic heterocycles. The fraction of sp³-hybridized carbons (Fsp3) is 0.571. The number of halogens is 2. The van der Waals surface area contributed by atoms with Gasteiger partial charge in [0.2, 0.25) is 0 Å². The maximum absolute atomic E-state index is 13.6. The standard InChI is InChI=1S/C14H20F2N2S/c1-11(13-3-2-12(15)10-14(13)16)17-4-5-18-6-8-19-9-7-18/h2-3,10-11,17H,4-9H2,1H3. The van der Waals surface area contributed by atoms with E-state index in [9.17, 15) is 8.78 Å². The third-order valence-corrected chi connectivity index (χ3v) is 4.35. The molecule has 0 bridgehead atoms. The average Bonchev–Trinajstić information content (AvgIpc) is 2.39. The zero-order valence-electron chi connectivity index (χ0n) is 11.2. The molecule has 0 saturated carbocycles. The van der Waals surface area contributed by atoms with Crippen LogP contribution in [0.5, 0.6) is 0 Å². The monoisotopic (exact) mass is 286 g/mol. The molecule has 1 unspecified atom stereocenters. The van der Waals surface area contributed by atoms with Gasteiger partial charge in [0.05, 0.1) is 0 Å².